The maximum atomic E-state index is 11.8. The molecular weight excluding hydrogens is 289 g/mol. The van der Waals surface area contributed by atoms with E-state index in [1.807, 2.05) is 10.6 Å². The number of pyridine rings is 1. The fourth-order valence-corrected chi connectivity index (χ4v) is 2.65. The molecule has 1 aromatic heterocycles. The minimum Gasteiger partial charge on any atom is -0.345 e. The van der Waals surface area contributed by atoms with Crippen LogP contribution in [0.3, 0.4) is 0 Å². The van der Waals surface area contributed by atoms with Crippen LogP contribution in [0.15, 0.2) is 33.7 Å². The summed E-state index contributed by atoms with van der Waals surface area (Å²) in [7, 11) is 0. The van der Waals surface area contributed by atoms with Crippen molar-refractivity contribution in [2.45, 2.75) is 19.9 Å². The van der Waals surface area contributed by atoms with Gasteiger partial charge in [-0.25, -0.2) is 0 Å². The summed E-state index contributed by atoms with van der Waals surface area (Å²) in [6.07, 6.45) is 1.80. The van der Waals surface area contributed by atoms with E-state index in [0.717, 1.165) is 9.99 Å². The predicted octanol–water partition coefficient (Wildman–Crippen LogP) is 4.00. The van der Waals surface area contributed by atoms with Crippen LogP contribution >= 0.6 is 27.5 Å². The highest BCUT2D eigenvalue weighted by Crippen LogP contribution is 2.27. The quantitative estimate of drug-likeness (QED) is 0.780. The lowest BCUT2D eigenvalue weighted by molar-refractivity contribution is 0.617. The first-order valence-corrected chi connectivity index (χ1v) is 6.17. The molecule has 0 unspecified atom stereocenters. The van der Waals surface area contributed by atoms with Crippen LogP contribution in [0, 0.1) is 0 Å². The molecule has 0 bridgehead atoms. The van der Waals surface area contributed by atoms with Crippen LogP contribution in [0.25, 0.3) is 10.9 Å². The monoisotopic (exact) mass is 299 g/mol. The lowest BCUT2D eigenvalue weighted by Gasteiger charge is -2.15. The molecule has 16 heavy (non-hydrogen) atoms. The summed E-state index contributed by atoms with van der Waals surface area (Å²) in [4.78, 5) is 11.8. The first-order valence-electron chi connectivity index (χ1n) is 5.00. The average molecular weight is 301 g/mol. The fraction of sp³-hybridized carbons (Fsp3) is 0.250. The van der Waals surface area contributed by atoms with Crippen LogP contribution in [0.5, 0.6) is 0 Å². The third kappa shape index (κ3) is 1.89. The molecule has 0 aliphatic carbocycles. The van der Waals surface area contributed by atoms with Crippen molar-refractivity contribution in [3.8, 4) is 0 Å². The van der Waals surface area contributed by atoms with Crippen molar-refractivity contribution in [1.82, 2.24) is 4.57 Å². The maximum Gasteiger partial charge on any atom is 0.190 e. The lowest BCUT2D eigenvalue weighted by atomic mass is 10.2. The van der Waals surface area contributed by atoms with Gasteiger partial charge in [-0.3, -0.25) is 4.79 Å². The second-order valence-electron chi connectivity index (χ2n) is 3.96. The number of halogens is 2. The van der Waals surface area contributed by atoms with Crippen LogP contribution in [-0.2, 0) is 0 Å². The zero-order valence-electron chi connectivity index (χ0n) is 9.00. The average Bonchev–Trinajstić information content (AvgIpc) is 2.15. The van der Waals surface area contributed by atoms with Crippen molar-refractivity contribution in [1.29, 1.82) is 0 Å². The van der Waals surface area contributed by atoms with Gasteiger partial charge in [0.25, 0.3) is 0 Å². The Hall–Kier alpha value is -0.800. The van der Waals surface area contributed by atoms with Crippen molar-refractivity contribution in [2.75, 3.05) is 0 Å². The molecule has 0 atom stereocenters. The molecule has 0 saturated carbocycles. The summed E-state index contributed by atoms with van der Waals surface area (Å²) in [6, 6.07) is 5.51. The van der Waals surface area contributed by atoms with Gasteiger partial charge in [0.05, 0.1) is 15.9 Å². The number of rotatable bonds is 1. The highest BCUT2D eigenvalue weighted by atomic mass is 79.9. The Morgan fingerprint density at radius 2 is 2.06 bits per heavy atom. The van der Waals surface area contributed by atoms with E-state index in [1.54, 1.807) is 18.3 Å². The predicted molar refractivity (Wildman–Crippen MR) is 71.3 cm³/mol. The highest BCUT2D eigenvalue weighted by molar-refractivity contribution is 9.10. The summed E-state index contributed by atoms with van der Waals surface area (Å²) < 4.78 is 2.91. The molecule has 0 N–H and O–H groups in total. The van der Waals surface area contributed by atoms with Crippen LogP contribution in [0.4, 0.5) is 0 Å². The number of nitrogens with zero attached hydrogens (tertiary/aromatic N) is 1. The zero-order chi connectivity index (χ0) is 11.9. The molecule has 2 aromatic rings. The molecule has 4 heteroatoms. The van der Waals surface area contributed by atoms with Crippen LogP contribution in [0.2, 0.25) is 5.02 Å². The molecule has 0 spiro atoms. The van der Waals surface area contributed by atoms with Crippen molar-refractivity contribution >= 4 is 38.4 Å². The van der Waals surface area contributed by atoms with Gasteiger partial charge in [0, 0.05) is 22.8 Å². The molecule has 1 aromatic carbocycles. The Morgan fingerprint density at radius 1 is 1.38 bits per heavy atom. The Balaban J connectivity index is 2.98. The van der Waals surface area contributed by atoms with Gasteiger partial charge in [-0.1, -0.05) is 27.5 Å². The summed E-state index contributed by atoms with van der Waals surface area (Å²) in [5.74, 6) is 0. The zero-order valence-corrected chi connectivity index (χ0v) is 11.3. The van der Waals surface area contributed by atoms with Gasteiger partial charge in [0.15, 0.2) is 5.43 Å². The van der Waals surface area contributed by atoms with Crippen LogP contribution in [0.1, 0.15) is 19.9 Å². The Labute approximate surface area is 107 Å². The number of fused-ring (bicyclic) bond motifs is 1. The Bertz CT molecular complexity index is 604. The van der Waals surface area contributed by atoms with Crippen LogP contribution < -0.4 is 5.43 Å². The lowest BCUT2D eigenvalue weighted by Crippen LogP contribution is -2.10. The van der Waals surface area contributed by atoms with E-state index in [-0.39, 0.29) is 11.5 Å². The van der Waals surface area contributed by atoms with Gasteiger partial charge in [-0.05, 0) is 26.0 Å². The van der Waals surface area contributed by atoms with E-state index in [2.05, 4.69) is 29.8 Å². The molecule has 0 fully saturated rings. The van der Waals surface area contributed by atoms with Gasteiger partial charge in [-0.2, -0.15) is 0 Å². The Morgan fingerprint density at radius 3 is 2.69 bits per heavy atom. The summed E-state index contributed by atoms with van der Waals surface area (Å²) in [6.45, 7) is 4.14. The van der Waals surface area contributed by atoms with E-state index < -0.39 is 0 Å². The Kier molecular flexibility index (Phi) is 3.08. The first-order chi connectivity index (χ1) is 7.50. The molecular formula is C12H11BrClNO. The summed E-state index contributed by atoms with van der Waals surface area (Å²) in [5, 5.41) is 1.07. The smallest absolute Gasteiger partial charge is 0.190 e. The molecule has 0 aliphatic rings. The van der Waals surface area contributed by atoms with Gasteiger partial charge in [0.2, 0.25) is 0 Å². The second-order valence-corrected chi connectivity index (χ2v) is 5.29. The van der Waals surface area contributed by atoms with E-state index in [1.165, 1.54) is 0 Å². The molecule has 84 valence electrons. The van der Waals surface area contributed by atoms with Crippen LogP contribution in [-0.4, -0.2) is 4.57 Å². The SMILES string of the molecule is CC(C)n1ccc(=O)c2c(Cl)cc(Br)cc21. The molecule has 0 radical (unpaired) electrons. The van der Waals surface area contributed by atoms with Crippen molar-refractivity contribution < 1.29 is 0 Å². The van der Waals surface area contributed by atoms with Gasteiger partial charge in [0.1, 0.15) is 0 Å². The number of aromatic nitrogens is 1. The molecule has 0 saturated heterocycles. The number of hydrogen-bond donors (Lipinski definition) is 0. The number of benzene rings is 1. The molecule has 0 aliphatic heterocycles. The van der Waals surface area contributed by atoms with E-state index in [9.17, 15) is 4.79 Å². The molecule has 2 nitrogen and oxygen atoms in total. The summed E-state index contributed by atoms with van der Waals surface area (Å²) in [5.41, 5.74) is 0.825. The van der Waals surface area contributed by atoms with Crippen molar-refractivity contribution in [2.24, 2.45) is 0 Å². The van der Waals surface area contributed by atoms with Crippen molar-refractivity contribution in [3.63, 3.8) is 0 Å². The van der Waals surface area contributed by atoms with Gasteiger partial charge in [-0.15, -0.1) is 0 Å². The van der Waals surface area contributed by atoms with Gasteiger partial charge < -0.3 is 4.57 Å². The van der Waals surface area contributed by atoms with E-state index >= 15 is 0 Å². The molecule has 2 rings (SSSR count). The summed E-state index contributed by atoms with van der Waals surface area (Å²) >= 11 is 9.49. The topological polar surface area (TPSA) is 22.0 Å². The first kappa shape index (κ1) is 11.7. The largest absolute Gasteiger partial charge is 0.345 e. The minimum atomic E-state index is -0.0376. The molecule has 1 heterocycles. The molecule has 0 amide bonds. The highest BCUT2D eigenvalue weighted by Gasteiger charge is 2.09. The second kappa shape index (κ2) is 4.22. The van der Waals surface area contributed by atoms with Crippen molar-refractivity contribution in [3.05, 3.63) is 44.1 Å². The maximum absolute atomic E-state index is 11.8. The third-order valence-electron chi connectivity index (χ3n) is 2.50. The van der Waals surface area contributed by atoms with Gasteiger partial charge >= 0.3 is 0 Å². The fourth-order valence-electron chi connectivity index (χ4n) is 1.77. The van der Waals surface area contributed by atoms with E-state index in [4.69, 9.17) is 11.6 Å². The standard InChI is InChI=1S/C12H11BrClNO/c1-7(2)15-4-3-11(16)12-9(14)5-8(13)6-10(12)15/h3-7H,1-2H3. The third-order valence-corrected chi connectivity index (χ3v) is 3.26. The van der Waals surface area contributed by atoms with E-state index in [0.29, 0.717) is 10.4 Å². The number of hydrogen-bond acceptors (Lipinski definition) is 1. The minimum absolute atomic E-state index is 0.0376. The normalized spacial score (nSPS) is 11.3.